The van der Waals surface area contributed by atoms with Gasteiger partial charge in [-0.05, 0) is 0 Å². The average Bonchev–Trinajstić information content (AvgIpc) is 2.42. The SMILES string of the molecule is [2H]COC[C@H]1OC(OC)[C@H](OC[2H])[C@@H](OC[2H])[C@@H]1O. The van der Waals surface area contributed by atoms with Crippen LogP contribution in [0.1, 0.15) is 4.11 Å². The Morgan fingerprint density at radius 3 is 2.56 bits per heavy atom. The molecule has 1 aliphatic heterocycles. The standard InChI is InChI=1S/C10H20O6/c1-12-5-6-7(11)8(13-2)9(14-3)10(15-4)16-6/h6-11H,5H2,1-4H3/t6-,7-,8+,9-,10?/m1/s1/i1D,2D,3D. The summed E-state index contributed by atoms with van der Waals surface area (Å²) in [5, 5.41) is 10.1. The number of hydrogen-bond acceptors (Lipinski definition) is 6. The van der Waals surface area contributed by atoms with Crippen LogP contribution in [0.4, 0.5) is 0 Å². The van der Waals surface area contributed by atoms with Crippen LogP contribution in [-0.4, -0.2) is 70.8 Å². The van der Waals surface area contributed by atoms with Gasteiger partial charge in [-0.2, -0.15) is 0 Å². The smallest absolute Gasteiger partial charge is 0.186 e. The molecular formula is C10H20O6. The highest BCUT2D eigenvalue weighted by atomic mass is 16.7. The minimum atomic E-state index is -1.08. The summed E-state index contributed by atoms with van der Waals surface area (Å²) in [5.41, 5.74) is 0. The number of aliphatic hydroxyl groups excluding tert-OH is 1. The zero-order valence-electron chi connectivity index (χ0n) is 12.2. The zero-order valence-corrected chi connectivity index (χ0v) is 9.20. The topological polar surface area (TPSA) is 66.4 Å². The number of methoxy groups -OCH3 is 4. The summed E-state index contributed by atoms with van der Waals surface area (Å²) >= 11 is 0. The third-order valence-corrected chi connectivity index (χ3v) is 2.52. The van der Waals surface area contributed by atoms with Crippen molar-refractivity contribution in [3.05, 3.63) is 0 Å². The largest absolute Gasteiger partial charge is 0.387 e. The van der Waals surface area contributed by atoms with Crippen molar-refractivity contribution in [2.24, 2.45) is 0 Å². The van der Waals surface area contributed by atoms with Crippen LogP contribution >= 0.6 is 0 Å². The summed E-state index contributed by atoms with van der Waals surface area (Å²) in [6, 6.07) is 0. The van der Waals surface area contributed by atoms with Gasteiger partial charge in [0.25, 0.3) is 0 Å². The summed E-state index contributed by atoms with van der Waals surface area (Å²) < 4.78 is 46.9. The molecule has 16 heavy (non-hydrogen) atoms. The van der Waals surface area contributed by atoms with Crippen molar-refractivity contribution in [2.45, 2.75) is 30.7 Å². The molecular weight excluding hydrogens is 216 g/mol. The molecule has 0 aromatic carbocycles. The second kappa shape index (κ2) is 6.48. The number of rotatable bonds is 5. The Morgan fingerprint density at radius 2 is 1.94 bits per heavy atom. The van der Waals surface area contributed by atoms with E-state index >= 15 is 0 Å². The third-order valence-electron chi connectivity index (χ3n) is 2.52. The fraction of sp³-hybridized carbons (Fsp3) is 1.00. The Labute approximate surface area is 99.6 Å². The molecule has 5 atom stereocenters. The van der Waals surface area contributed by atoms with Crippen molar-refractivity contribution >= 4 is 0 Å². The zero-order chi connectivity index (χ0) is 14.3. The van der Waals surface area contributed by atoms with Gasteiger partial charge in [-0.3, -0.25) is 0 Å². The molecule has 0 radical (unpaired) electrons. The Balaban J connectivity index is 2.77. The molecule has 96 valence electrons. The maximum Gasteiger partial charge on any atom is 0.186 e. The number of ether oxygens (including phenoxy) is 5. The van der Waals surface area contributed by atoms with E-state index in [1.165, 1.54) is 7.11 Å². The van der Waals surface area contributed by atoms with Gasteiger partial charge in [0.1, 0.15) is 24.4 Å². The van der Waals surface area contributed by atoms with Crippen LogP contribution < -0.4 is 0 Å². The van der Waals surface area contributed by atoms with Crippen molar-refractivity contribution < 1.29 is 32.9 Å². The maximum atomic E-state index is 10.1. The maximum absolute atomic E-state index is 10.1. The van der Waals surface area contributed by atoms with Crippen molar-refractivity contribution in [1.82, 2.24) is 0 Å². The van der Waals surface area contributed by atoms with Gasteiger partial charge in [0.05, 0.1) is 10.7 Å². The van der Waals surface area contributed by atoms with Crippen LogP contribution in [0.3, 0.4) is 0 Å². The first-order valence-corrected chi connectivity index (χ1v) is 4.74. The molecule has 6 heteroatoms. The average molecular weight is 239 g/mol. The van der Waals surface area contributed by atoms with Crippen LogP contribution in [0.15, 0.2) is 0 Å². The number of hydrogen-bond donors (Lipinski definition) is 1. The molecule has 0 bridgehead atoms. The molecule has 1 fully saturated rings. The quantitative estimate of drug-likeness (QED) is 0.691. The van der Waals surface area contributed by atoms with Crippen LogP contribution in [0.5, 0.6) is 0 Å². The minimum absolute atomic E-state index is 0.00990. The monoisotopic (exact) mass is 239 g/mol. The first kappa shape index (κ1) is 9.76. The van der Waals surface area contributed by atoms with Crippen molar-refractivity contribution in [2.75, 3.05) is 35.0 Å². The van der Waals surface area contributed by atoms with Crippen LogP contribution in [0, 0.1) is 0 Å². The van der Waals surface area contributed by atoms with Crippen molar-refractivity contribution in [1.29, 1.82) is 0 Å². The van der Waals surface area contributed by atoms with Crippen LogP contribution in [-0.2, 0) is 23.7 Å². The second-order valence-corrected chi connectivity index (χ2v) is 3.40. The fourth-order valence-electron chi connectivity index (χ4n) is 1.70. The van der Waals surface area contributed by atoms with Gasteiger partial charge in [-0.1, -0.05) is 0 Å². The Morgan fingerprint density at radius 1 is 1.19 bits per heavy atom. The second-order valence-electron chi connectivity index (χ2n) is 3.40. The molecule has 0 aromatic rings. The fourth-order valence-corrected chi connectivity index (χ4v) is 1.70. The molecule has 1 saturated heterocycles. The van der Waals surface area contributed by atoms with E-state index < -0.39 is 30.7 Å². The molecule has 0 aromatic heterocycles. The van der Waals surface area contributed by atoms with E-state index in [1.807, 2.05) is 0 Å². The summed E-state index contributed by atoms with van der Waals surface area (Å²) in [7, 11) is 0.456. The van der Waals surface area contributed by atoms with Crippen molar-refractivity contribution in [3.63, 3.8) is 0 Å². The molecule has 1 aliphatic rings. The van der Waals surface area contributed by atoms with E-state index in [0.717, 1.165) is 0 Å². The van der Waals surface area contributed by atoms with Crippen LogP contribution in [0.25, 0.3) is 0 Å². The molecule has 0 amide bonds. The van der Waals surface area contributed by atoms with Gasteiger partial charge < -0.3 is 28.8 Å². The highest BCUT2D eigenvalue weighted by Crippen LogP contribution is 2.25. The first-order chi connectivity index (χ1) is 9.19. The van der Waals surface area contributed by atoms with Gasteiger partial charge in [-0.15, -0.1) is 0 Å². The Bertz CT molecular complexity index is 247. The summed E-state index contributed by atoms with van der Waals surface area (Å²) in [5.74, 6) is 0. The molecule has 1 N–H and O–H groups in total. The van der Waals surface area contributed by atoms with E-state index in [-0.39, 0.29) is 27.9 Å². The minimum Gasteiger partial charge on any atom is -0.387 e. The van der Waals surface area contributed by atoms with Gasteiger partial charge in [0, 0.05) is 28.4 Å². The Kier molecular flexibility index (Phi) is 3.95. The van der Waals surface area contributed by atoms with E-state index in [4.69, 9.17) is 27.8 Å². The van der Waals surface area contributed by atoms with E-state index in [9.17, 15) is 5.11 Å². The molecule has 1 rings (SSSR count). The molecule has 0 saturated carbocycles. The molecule has 0 spiro atoms. The molecule has 0 aliphatic carbocycles. The third kappa shape index (κ3) is 2.71. The lowest BCUT2D eigenvalue weighted by molar-refractivity contribution is -0.303. The van der Waals surface area contributed by atoms with Gasteiger partial charge in [0.15, 0.2) is 6.29 Å². The summed E-state index contributed by atoms with van der Waals surface area (Å²) in [6.07, 6.45) is -4.29. The lowest BCUT2D eigenvalue weighted by Crippen LogP contribution is -2.60. The molecule has 6 nitrogen and oxygen atoms in total. The van der Waals surface area contributed by atoms with Crippen molar-refractivity contribution in [3.8, 4) is 0 Å². The highest BCUT2D eigenvalue weighted by Gasteiger charge is 2.46. The van der Waals surface area contributed by atoms with Gasteiger partial charge >= 0.3 is 0 Å². The van der Waals surface area contributed by atoms with Gasteiger partial charge in [0.2, 0.25) is 0 Å². The normalized spacial score (nSPS) is 42.4. The van der Waals surface area contributed by atoms with E-state index in [0.29, 0.717) is 0 Å². The lowest BCUT2D eigenvalue weighted by Gasteiger charge is -2.42. The molecule has 1 unspecified atom stereocenters. The summed E-state index contributed by atoms with van der Waals surface area (Å²) in [4.78, 5) is 0. The first-order valence-electron chi connectivity index (χ1n) is 6.86. The summed E-state index contributed by atoms with van der Waals surface area (Å²) in [6.45, 7) is 0.00990. The lowest BCUT2D eigenvalue weighted by atomic mass is 9.99. The number of aliphatic hydroxyl groups is 1. The van der Waals surface area contributed by atoms with Gasteiger partial charge in [-0.25, -0.2) is 0 Å². The highest BCUT2D eigenvalue weighted by molar-refractivity contribution is 4.90. The van der Waals surface area contributed by atoms with E-state index in [1.54, 1.807) is 0 Å². The predicted molar refractivity (Wildman–Crippen MR) is 55.1 cm³/mol. The van der Waals surface area contributed by atoms with E-state index in [2.05, 4.69) is 0 Å². The Hall–Kier alpha value is -0.240. The van der Waals surface area contributed by atoms with Crippen LogP contribution in [0.2, 0.25) is 0 Å². The molecule has 1 heterocycles. The predicted octanol–water partition coefficient (Wildman–Crippen LogP) is -0.605.